The summed E-state index contributed by atoms with van der Waals surface area (Å²) in [5, 5.41) is 8.73. The summed E-state index contributed by atoms with van der Waals surface area (Å²) in [5.41, 5.74) is 0. The minimum Gasteiger partial charge on any atom is -0.481 e. The SMILES string of the molecule is O=C(O)CC1CCN(CC2CCCC2)C1. The smallest absolute Gasteiger partial charge is 0.303 e. The van der Waals surface area contributed by atoms with Crippen LogP contribution in [0.25, 0.3) is 0 Å². The van der Waals surface area contributed by atoms with Gasteiger partial charge in [0.15, 0.2) is 0 Å². The van der Waals surface area contributed by atoms with Crippen LogP contribution in [0.15, 0.2) is 0 Å². The summed E-state index contributed by atoms with van der Waals surface area (Å²) < 4.78 is 0. The van der Waals surface area contributed by atoms with Gasteiger partial charge in [-0.3, -0.25) is 4.79 Å². The maximum atomic E-state index is 10.6. The summed E-state index contributed by atoms with van der Waals surface area (Å²) in [7, 11) is 0. The predicted molar refractivity (Wildman–Crippen MR) is 58.8 cm³/mol. The molecule has 0 radical (unpaired) electrons. The molecule has 1 N–H and O–H groups in total. The van der Waals surface area contributed by atoms with Crippen LogP contribution in [0.2, 0.25) is 0 Å². The van der Waals surface area contributed by atoms with E-state index in [1.165, 1.54) is 32.2 Å². The highest BCUT2D eigenvalue weighted by Crippen LogP contribution is 2.28. The Labute approximate surface area is 91.5 Å². The molecule has 0 spiro atoms. The van der Waals surface area contributed by atoms with Crippen molar-refractivity contribution in [2.75, 3.05) is 19.6 Å². The second kappa shape index (κ2) is 4.97. The second-order valence-electron chi connectivity index (χ2n) is 5.16. The minimum absolute atomic E-state index is 0.362. The first-order valence-electron chi connectivity index (χ1n) is 6.18. The summed E-state index contributed by atoms with van der Waals surface area (Å²) in [6.45, 7) is 3.35. The Morgan fingerprint density at radius 3 is 2.60 bits per heavy atom. The van der Waals surface area contributed by atoms with Crippen molar-refractivity contribution in [3.63, 3.8) is 0 Å². The molecule has 0 aromatic carbocycles. The van der Waals surface area contributed by atoms with Gasteiger partial charge in [-0.1, -0.05) is 12.8 Å². The molecule has 1 aliphatic carbocycles. The molecule has 0 aromatic rings. The molecular weight excluding hydrogens is 190 g/mol. The van der Waals surface area contributed by atoms with E-state index >= 15 is 0 Å². The van der Waals surface area contributed by atoms with E-state index in [-0.39, 0.29) is 0 Å². The third-order valence-corrected chi connectivity index (χ3v) is 3.82. The van der Waals surface area contributed by atoms with E-state index in [0.717, 1.165) is 25.4 Å². The lowest BCUT2D eigenvalue weighted by molar-refractivity contribution is -0.138. The molecule has 1 aliphatic heterocycles. The average molecular weight is 211 g/mol. The van der Waals surface area contributed by atoms with Gasteiger partial charge in [0.25, 0.3) is 0 Å². The number of rotatable bonds is 4. The van der Waals surface area contributed by atoms with Crippen molar-refractivity contribution >= 4 is 5.97 Å². The van der Waals surface area contributed by atoms with Gasteiger partial charge in [0.1, 0.15) is 0 Å². The summed E-state index contributed by atoms with van der Waals surface area (Å²) in [4.78, 5) is 13.1. The average Bonchev–Trinajstić information content (AvgIpc) is 2.77. The molecule has 1 unspecified atom stereocenters. The van der Waals surface area contributed by atoms with Crippen LogP contribution in [0.5, 0.6) is 0 Å². The first-order valence-corrected chi connectivity index (χ1v) is 6.18. The first-order chi connectivity index (χ1) is 7.24. The highest BCUT2D eigenvalue weighted by molar-refractivity contribution is 5.67. The van der Waals surface area contributed by atoms with Crippen molar-refractivity contribution in [3.05, 3.63) is 0 Å². The van der Waals surface area contributed by atoms with Crippen LogP contribution in [-0.4, -0.2) is 35.6 Å². The number of likely N-dealkylation sites (tertiary alicyclic amines) is 1. The van der Waals surface area contributed by atoms with Crippen LogP contribution < -0.4 is 0 Å². The molecule has 2 fully saturated rings. The van der Waals surface area contributed by atoms with Crippen molar-refractivity contribution in [2.24, 2.45) is 11.8 Å². The zero-order chi connectivity index (χ0) is 10.7. The standard InChI is InChI=1S/C12H21NO2/c14-12(15)7-11-5-6-13(9-11)8-10-3-1-2-4-10/h10-11H,1-9H2,(H,14,15). The third kappa shape index (κ3) is 3.20. The highest BCUT2D eigenvalue weighted by Gasteiger charge is 2.27. The van der Waals surface area contributed by atoms with Gasteiger partial charge in [-0.2, -0.15) is 0 Å². The molecule has 1 atom stereocenters. The van der Waals surface area contributed by atoms with E-state index in [1.54, 1.807) is 0 Å². The largest absolute Gasteiger partial charge is 0.481 e. The maximum absolute atomic E-state index is 10.6. The molecular formula is C12H21NO2. The first kappa shape index (κ1) is 10.9. The van der Waals surface area contributed by atoms with Gasteiger partial charge in [0, 0.05) is 19.5 Å². The van der Waals surface area contributed by atoms with Crippen LogP contribution in [0.4, 0.5) is 0 Å². The maximum Gasteiger partial charge on any atom is 0.303 e. The van der Waals surface area contributed by atoms with Crippen molar-refractivity contribution < 1.29 is 9.90 Å². The zero-order valence-electron chi connectivity index (χ0n) is 9.32. The Bertz CT molecular complexity index is 224. The van der Waals surface area contributed by atoms with Gasteiger partial charge in [-0.15, -0.1) is 0 Å². The van der Waals surface area contributed by atoms with E-state index in [1.807, 2.05) is 0 Å². The van der Waals surface area contributed by atoms with Crippen molar-refractivity contribution in [3.8, 4) is 0 Å². The Hall–Kier alpha value is -0.570. The topological polar surface area (TPSA) is 40.5 Å². The summed E-state index contributed by atoms with van der Waals surface area (Å²) in [6.07, 6.45) is 7.02. The van der Waals surface area contributed by atoms with Crippen LogP contribution >= 0.6 is 0 Å². The lowest BCUT2D eigenvalue weighted by atomic mass is 10.1. The highest BCUT2D eigenvalue weighted by atomic mass is 16.4. The van der Waals surface area contributed by atoms with Crippen molar-refractivity contribution in [1.29, 1.82) is 0 Å². The van der Waals surface area contributed by atoms with Crippen molar-refractivity contribution in [1.82, 2.24) is 4.90 Å². The monoisotopic (exact) mass is 211 g/mol. The zero-order valence-corrected chi connectivity index (χ0v) is 9.32. The molecule has 0 bridgehead atoms. The number of hydrogen-bond acceptors (Lipinski definition) is 2. The third-order valence-electron chi connectivity index (χ3n) is 3.82. The van der Waals surface area contributed by atoms with Crippen LogP contribution in [0, 0.1) is 11.8 Å². The lowest BCUT2D eigenvalue weighted by Crippen LogP contribution is -2.26. The molecule has 1 saturated heterocycles. The summed E-state index contributed by atoms with van der Waals surface area (Å²) in [5.74, 6) is 0.667. The fraction of sp³-hybridized carbons (Fsp3) is 0.917. The fourth-order valence-corrected chi connectivity index (χ4v) is 3.05. The van der Waals surface area contributed by atoms with E-state index in [4.69, 9.17) is 5.11 Å². The fourth-order valence-electron chi connectivity index (χ4n) is 3.05. The number of aliphatic carboxylic acids is 1. The van der Waals surface area contributed by atoms with Gasteiger partial charge in [-0.05, 0) is 37.6 Å². The number of carboxylic acids is 1. The Balaban J connectivity index is 1.70. The van der Waals surface area contributed by atoms with Gasteiger partial charge in [-0.25, -0.2) is 0 Å². The molecule has 1 heterocycles. The molecule has 0 amide bonds. The van der Waals surface area contributed by atoms with Crippen LogP contribution in [-0.2, 0) is 4.79 Å². The van der Waals surface area contributed by atoms with E-state index in [0.29, 0.717) is 12.3 Å². The van der Waals surface area contributed by atoms with E-state index in [2.05, 4.69) is 4.90 Å². The van der Waals surface area contributed by atoms with Gasteiger partial charge < -0.3 is 10.0 Å². The summed E-state index contributed by atoms with van der Waals surface area (Å²) in [6, 6.07) is 0. The molecule has 0 aromatic heterocycles. The lowest BCUT2D eigenvalue weighted by Gasteiger charge is -2.19. The van der Waals surface area contributed by atoms with Gasteiger partial charge >= 0.3 is 5.97 Å². The quantitative estimate of drug-likeness (QED) is 0.773. The minimum atomic E-state index is -0.636. The van der Waals surface area contributed by atoms with Crippen LogP contribution in [0.1, 0.15) is 38.5 Å². The van der Waals surface area contributed by atoms with Gasteiger partial charge in [0.05, 0.1) is 0 Å². The van der Waals surface area contributed by atoms with E-state index < -0.39 is 5.97 Å². The molecule has 3 heteroatoms. The van der Waals surface area contributed by atoms with E-state index in [9.17, 15) is 4.79 Å². The molecule has 86 valence electrons. The van der Waals surface area contributed by atoms with Gasteiger partial charge in [0.2, 0.25) is 0 Å². The predicted octanol–water partition coefficient (Wildman–Crippen LogP) is 1.97. The second-order valence-corrected chi connectivity index (χ2v) is 5.16. The number of carboxylic acid groups (broad SMARTS) is 1. The Morgan fingerprint density at radius 2 is 1.93 bits per heavy atom. The summed E-state index contributed by atoms with van der Waals surface area (Å²) >= 11 is 0. The Kier molecular flexibility index (Phi) is 3.62. The molecule has 2 rings (SSSR count). The van der Waals surface area contributed by atoms with Crippen molar-refractivity contribution in [2.45, 2.75) is 38.5 Å². The number of carbonyl (C=O) groups is 1. The number of nitrogens with zero attached hydrogens (tertiary/aromatic N) is 1. The number of hydrogen-bond donors (Lipinski definition) is 1. The normalized spacial score (nSPS) is 28.7. The Morgan fingerprint density at radius 1 is 1.20 bits per heavy atom. The molecule has 15 heavy (non-hydrogen) atoms. The molecule has 1 saturated carbocycles. The molecule has 3 nitrogen and oxygen atoms in total. The van der Waals surface area contributed by atoms with Crippen LogP contribution in [0.3, 0.4) is 0 Å². The molecule has 2 aliphatic rings.